The van der Waals surface area contributed by atoms with Crippen molar-refractivity contribution in [1.29, 1.82) is 0 Å². The molecule has 0 atom stereocenters. The Morgan fingerprint density at radius 3 is 3.05 bits per heavy atom. The first-order chi connectivity index (χ1) is 9.74. The van der Waals surface area contributed by atoms with Gasteiger partial charge in [-0.2, -0.15) is 5.10 Å². The molecule has 0 aliphatic heterocycles. The van der Waals surface area contributed by atoms with Gasteiger partial charge in [-0.1, -0.05) is 18.2 Å². The van der Waals surface area contributed by atoms with E-state index in [4.69, 9.17) is 0 Å². The Morgan fingerprint density at radius 1 is 1.40 bits per heavy atom. The van der Waals surface area contributed by atoms with Crippen LogP contribution in [-0.4, -0.2) is 32.2 Å². The van der Waals surface area contributed by atoms with Crippen molar-refractivity contribution >= 4 is 16.8 Å². The lowest BCUT2D eigenvalue weighted by atomic mass is 10.1. The molecule has 6 heteroatoms. The summed E-state index contributed by atoms with van der Waals surface area (Å²) >= 11 is 0. The molecule has 3 rings (SSSR count). The molecule has 0 unspecified atom stereocenters. The molecule has 2 N–H and O–H groups in total. The lowest BCUT2D eigenvalue weighted by Crippen LogP contribution is -2.25. The summed E-state index contributed by atoms with van der Waals surface area (Å²) in [5, 5.41) is 7.99. The minimum atomic E-state index is -0.0848. The predicted octanol–water partition coefficient (Wildman–Crippen LogP) is 1.27. The quantitative estimate of drug-likeness (QED) is 0.749. The third-order valence-corrected chi connectivity index (χ3v) is 3.12. The van der Waals surface area contributed by atoms with Crippen molar-refractivity contribution in [2.24, 2.45) is 7.05 Å². The van der Waals surface area contributed by atoms with Gasteiger partial charge >= 0.3 is 0 Å². The van der Waals surface area contributed by atoms with E-state index in [0.717, 1.165) is 16.7 Å². The highest BCUT2D eigenvalue weighted by Crippen LogP contribution is 2.17. The molecule has 0 bridgehead atoms. The van der Waals surface area contributed by atoms with Crippen molar-refractivity contribution in [3.63, 3.8) is 0 Å². The second kappa shape index (κ2) is 5.16. The van der Waals surface area contributed by atoms with Crippen LogP contribution in [0.2, 0.25) is 0 Å². The normalized spacial score (nSPS) is 10.8. The van der Waals surface area contributed by atoms with Crippen LogP contribution in [0, 0.1) is 0 Å². The maximum absolute atomic E-state index is 12.1. The average Bonchev–Trinajstić information content (AvgIpc) is 3.05. The first-order valence-corrected chi connectivity index (χ1v) is 6.43. The van der Waals surface area contributed by atoms with Crippen LogP contribution >= 0.6 is 0 Å². The zero-order valence-corrected chi connectivity index (χ0v) is 11.1. The molecule has 0 radical (unpaired) electrons. The molecule has 0 fully saturated rings. The molecule has 1 amide bonds. The summed E-state index contributed by atoms with van der Waals surface area (Å²) in [7, 11) is 1.82. The Kier molecular flexibility index (Phi) is 3.20. The number of carbonyl (C=O) groups is 1. The van der Waals surface area contributed by atoms with Gasteiger partial charge in [0, 0.05) is 37.1 Å². The number of benzene rings is 1. The average molecular weight is 269 g/mol. The van der Waals surface area contributed by atoms with Crippen LogP contribution in [0.5, 0.6) is 0 Å². The van der Waals surface area contributed by atoms with Crippen molar-refractivity contribution in [3.05, 3.63) is 48.2 Å². The number of para-hydroxylation sites is 1. The number of nitrogens with one attached hydrogen (secondary N) is 2. The Balaban J connectivity index is 1.64. The van der Waals surface area contributed by atoms with Crippen LogP contribution in [0.1, 0.15) is 16.2 Å². The summed E-state index contributed by atoms with van der Waals surface area (Å²) < 4.78 is 1.65. The van der Waals surface area contributed by atoms with E-state index in [2.05, 4.69) is 20.4 Å². The number of hydrogen-bond donors (Lipinski definition) is 2. The van der Waals surface area contributed by atoms with E-state index >= 15 is 0 Å². The number of fused-ring (bicyclic) bond motifs is 1. The van der Waals surface area contributed by atoms with Gasteiger partial charge in [0.05, 0.1) is 5.56 Å². The van der Waals surface area contributed by atoms with Gasteiger partial charge in [0.15, 0.2) is 5.82 Å². The number of amides is 1. The molecule has 20 heavy (non-hydrogen) atoms. The van der Waals surface area contributed by atoms with Gasteiger partial charge in [0.25, 0.3) is 5.91 Å². The Morgan fingerprint density at radius 2 is 2.25 bits per heavy atom. The first-order valence-electron chi connectivity index (χ1n) is 6.43. The number of hydrogen-bond acceptors (Lipinski definition) is 3. The Labute approximate surface area is 115 Å². The van der Waals surface area contributed by atoms with E-state index in [1.807, 2.05) is 31.3 Å². The summed E-state index contributed by atoms with van der Waals surface area (Å²) in [4.78, 5) is 19.3. The fourth-order valence-electron chi connectivity index (χ4n) is 2.14. The maximum Gasteiger partial charge on any atom is 0.253 e. The van der Waals surface area contributed by atoms with E-state index in [-0.39, 0.29) is 5.91 Å². The van der Waals surface area contributed by atoms with Crippen LogP contribution in [0.15, 0.2) is 36.8 Å². The largest absolute Gasteiger partial charge is 0.360 e. The van der Waals surface area contributed by atoms with Gasteiger partial charge in [-0.25, -0.2) is 4.98 Å². The standard InChI is InChI=1S/C14H15N5O/c1-19-9-17-13(18-19)6-7-15-14(20)11-8-16-12-5-3-2-4-10(11)12/h2-5,8-9,16H,6-7H2,1H3,(H,15,20). The summed E-state index contributed by atoms with van der Waals surface area (Å²) in [6, 6.07) is 7.74. The molecule has 2 aromatic heterocycles. The highest BCUT2D eigenvalue weighted by atomic mass is 16.1. The number of aromatic amines is 1. The van der Waals surface area contributed by atoms with E-state index in [1.54, 1.807) is 17.2 Å². The van der Waals surface area contributed by atoms with Gasteiger partial charge < -0.3 is 10.3 Å². The molecule has 0 aliphatic carbocycles. The fourth-order valence-corrected chi connectivity index (χ4v) is 2.14. The van der Waals surface area contributed by atoms with Crippen LogP contribution in [0.25, 0.3) is 10.9 Å². The second-order valence-electron chi connectivity index (χ2n) is 4.59. The lowest BCUT2D eigenvalue weighted by Gasteiger charge is -2.02. The zero-order valence-electron chi connectivity index (χ0n) is 11.1. The first kappa shape index (κ1) is 12.4. The molecular formula is C14H15N5O. The minimum Gasteiger partial charge on any atom is -0.360 e. The minimum absolute atomic E-state index is 0.0848. The van der Waals surface area contributed by atoms with Crippen molar-refractivity contribution in [2.45, 2.75) is 6.42 Å². The van der Waals surface area contributed by atoms with Gasteiger partial charge in [0.1, 0.15) is 6.33 Å². The number of H-pyrrole nitrogens is 1. The number of carbonyl (C=O) groups excluding carboxylic acids is 1. The fraction of sp³-hybridized carbons (Fsp3) is 0.214. The third kappa shape index (κ3) is 2.40. The smallest absolute Gasteiger partial charge is 0.253 e. The van der Waals surface area contributed by atoms with E-state index in [0.29, 0.717) is 18.5 Å². The van der Waals surface area contributed by atoms with E-state index in [9.17, 15) is 4.79 Å². The zero-order chi connectivity index (χ0) is 13.9. The number of rotatable bonds is 4. The number of aryl methyl sites for hydroxylation is 1. The van der Waals surface area contributed by atoms with Crippen LogP contribution in [0.3, 0.4) is 0 Å². The van der Waals surface area contributed by atoms with Crippen LogP contribution in [-0.2, 0) is 13.5 Å². The molecule has 0 saturated heterocycles. The molecule has 2 heterocycles. The molecular weight excluding hydrogens is 254 g/mol. The monoisotopic (exact) mass is 269 g/mol. The van der Waals surface area contributed by atoms with Gasteiger partial charge in [-0.3, -0.25) is 9.48 Å². The lowest BCUT2D eigenvalue weighted by molar-refractivity contribution is 0.0955. The van der Waals surface area contributed by atoms with E-state index in [1.165, 1.54) is 0 Å². The molecule has 6 nitrogen and oxygen atoms in total. The molecule has 0 aliphatic rings. The van der Waals surface area contributed by atoms with Crippen molar-refractivity contribution in [1.82, 2.24) is 25.1 Å². The highest BCUT2D eigenvalue weighted by Gasteiger charge is 2.11. The molecule has 3 aromatic rings. The van der Waals surface area contributed by atoms with Crippen molar-refractivity contribution < 1.29 is 4.79 Å². The maximum atomic E-state index is 12.1. The van der Waals surface area contributed by atoms with Crippen LogP contribution in [0.4, 0.5) is 0 Å². The second-order valence-corrected chi connectivity index (χ2v) is 4.59. The van der Waals surface area contributed by atoms with Crippen LogP contribution < -0.4 is 5.32 Å². The van der Waals surface area contributed by atoms with Gasteiger partial charge in [0.2, 0.25) is 0 Å². The Hall–Kier alpha value is -2.63. The SMILES string of the molecule is Cn1cnc(CCNC(=O)c2c[nH]c3ccccc23)n1. The summed E-state index contributed by atoms with van der Waals surface area (Å²) in [6.07, 6.45) is 4.00. The summed E-state index contributed by atoms with van der Waals surface area (Å²) in [5.41, 5.74) is 1.62. The van der Waals surface area contributed by atoms with E-state index < -0.39 is 0 Å². The molecule has 0 spiro atoms. The molecule has 0 saturated carbocycles. The highest BCUT2D eigenvalue weighted by molar-refractivity contribution is 6.06. The third-order valence-electron chi connectivity index (χ3n) is 3.12. The molecule has 1 aromatic carbocycles. The van der Waals surface area contributed by atoms with Gasteiger partial charge in [-0.05, 0) is 6.07 Å². The molecule has 102 valence electrons. The summed E-state index contributed by atoms with van der Waals surface area (Å²) in [5.74, 6) is 0.644. The predicted molar refractivity (Wildman–Crippen MR) is 75.3 cm³/mol. The number of aromatic nitrogens is 4. The van der Waals surface area contributed by atoms with Crippen molar-refractivity contribution in [3.8, 4) is 0 Å². The topological polar surface area (TPSA) is 75.6 Å². The summed E-state index contributed by atoms with van der Waals surface area (Å²) in [6.45, 7) is 0.516. The van der Waals surface area contributed by atoms with Gasteiger partial charge in [-0.15, -0.1) is 0 Å². The van der Waals surface area contributed by atoms with Crippen molar-refractivity contribution in [2.75, 3.05) is 6.54 Å². The number of nitrogens with zero attached hydrogens (tertiary/aromatic N) is 3. The Bertz CT molecular complexity index is 743.